The van der Waals surface area contributed by atoms with Gasteiger partial charge in [0.1, 0.15) is 5.75 Å². The maximum atomic E-state index is 12.1. The van der Waals surface area contributed by atoms with Crippen molar-refractivity contribution in [1.82, 2.24) is 4.72 Å². The summed E-state index contributed by atoms with van der Waals surface area (Å²) >= 11 is 0. The van der Waals surface area contributed by atoms with Gasteiger partial charge in [-0.1, -0.05) is 12.1 Å². The van der Waals surface area contributed by atoms with Gasteiger partial charge in [-0.25, -0.2) is 8.93 Å². The Morgan fingerprint density at radius 1 is 1.29 bits per heavy atom. The molecule has 1 aromatic carbocycles. The molecule has 0 saturated carbocycles. The highest BCUT2D eigenvalue weighted by Gasteiger charge is 2.28. The van der Waals surface area contributed by atoms with Crippen molar-refractivity contribution in [2.75, 3.05) is 6.61 Å². The highest BCUT2D eigenvalue weighted by molar-refractivity contribution is 7.84. The first-order valence-corrected chi connectivity index (χ1v) is 7.61. The Morgan fingerprint density at radius 3 is 2.43 bits per heavy atom. The maximum absolute atomic E-state index is 12.1. The third-order valence-corrected chi connectivity index (χ3v) is 4.28. The Hall–Kier alpha value is -1.08. The largest absolute Gasteiger partial charge is 0.484 e. The van der Waals surface area contributed by atoms with E-state index in [2.05, 4.69) is 4.72 Å². The van der Waals surface area contributed by atoms with E-state index in [1.807, 2.05) is 20.8 Å². The van der Waals surface area contributed by atoms with Crippen molar-refractivity contribution in [2.45, 2.75) is 44.7 Å². The van der Waals surface area contributed by atoms with Crippen molar-refractivity contribution < 1.29 is 22.1 Å². The zero-order valence-corrected chi connectivity index (χ0v) is 13.3. The van der Waals surface area contributed by atoms with E-state index in [9.17, 15) is 17.4 Å². The van der Waals surface area contributed by atoms with Crippen LogP contribution in [0.1, 0.15) is 39.3 Å². The van der Waals surface area contributed by atoms with Gasteiger partial charge in [-0.15, -0.1) is 0 Å². The molecule has 1 rings (SSSR count). The van der Waals surface area contributed by atoms with Crippen LogP contribution in [0.15, 0.2) is 24.3 Å². The molecule has 1 aromatic rings. The Balaban J connectivity index is 2.73. The molecule has 2 atom stereocenters. The molecule has 0 saturated heterocycles. The van der Waals surface area contributed by atoms with Crippen LogP contribution in [0.5, 0.6) is 5.75 Å². The van der Waals surface area contributed by atoms with E-state index < -0.39 is 28.5 Å². The molecular weight excluding hydrogens is 303 g/mol. The van der Waals surface area contributed by atoms with E-state index in [-0.39, 0.29) is 11.8 Å². The van der Waals surface area contributed by atoms with E-state index in [1.54, 1.807) is 19.1 Å². The molecule has 21 heavy (non-hydrogen) atoms. The van der Waals surface area contributed by atoms with Crippen LogP contribution in [0.25, 0.3) is 0 Å². The summed E-state index contributed by atoms with van der Waals surface area (Å²) in [6, 6.07) is 6.07. The quantitative estimate of drug-likeness (QED) is 0.896. The number of halogens is 3. The molecule has 1 N–H and O–H groups in total. The third kappa shape index (κ3) is 6.48. The first kappa shape index (κ1) is 18.0. The fraction of sp³-hybridized carbons (Fsp3) is 0.571. The highest BCUT2D eigenvalue weighted by Crippen LogP contribution is 2.23. The van der Waals surface area contributed by atoms with Gasteiger partial charge >= 0.3 is 6.18 Å². The molecule has 3 nitrogen and oxygen atoms in total. The first-order chi connectivity index (χ1) is 9.49. The average molecular weight is 323 g/mol. The van der Waals surface area contributed by atoms with E-state index in [0.717, 1.165) is 0 Å². The summed E-state index contributed by atoms with van der Waals surface area (Å²) in [5.74, 6) is 0.139. The third-order valence-electron chi connectivity index (χ3n) is 2.60. The number of hydrogen-bond acceptors (Lipinski definition) is 2. The summed E-state index contributed by atoms with van der Waals surface area (Å²) in [5.41, 5.74) is 0.715. The van der Waals surface area contributed by atoms with Gasteiger partial charge in [0.15, 0.2) is 6.61 Å². The van der Waals surface area contributed by atoms with Crippen molar-refractivity contribution in [1.29, 1.82) is 0 Å². The Morgan fingerprint density at radius 2 is 1.90 bits per heavy atom. The van der Waals surface area contributed by atoms with E-state index in [0.29, 0.717) is 5.56 Å². The lowest BCUT2D eigenvalue weighted by Gasteiger charge is -2.22. The van der Waals surface area contributed by atoms with Crippen molar-refractivity contribution in [2.24, 2.45) is 0 Å². The summed E-state index contributed by atoms with van der Waals surface area (Å²) < 4.78 is 55.6. The fourth-order valence-corrected chi connectivity index (χ4v) is 2.25. The summed E-state index contributed by atoms with van der Waals surface area (Å²) in [6.07, 6.45) is -4.37. The first-order valence-electron chi connectivity index (χ1n) is 6.46. The van der Waals surface area contributed by atoms with Gasteiger partial charge in [0, 0.05) is 6.04 Å². The predicted octanol–water partition coefficient (Wildman–Crippen LogP) is 3.74. The summed E-state index contributed by atoms with van der Waals surface area (Å²) in [7, 11) is -1.26. The lowest BCUT2D eigenvalue weighted by atomic mass is 10.1. The van der Waals surface area contributed by atoms with Crippen molar-refractivity contribution >= 4 is 11.0 Å². The van der Waals surface area contributed by atoms with Crippen LogP contribution >= 0.6 is 0 Å². The molecule has 0 aliphatic rings. The summed E-state index contributed by atoms with van der Waals surface area (Å²) in [5, 5.41) is 0. The SMILES string of the molecule is C[C@H](N[S@](=O)C(C)(C)C)c1cccc(OCC(F)(F)F)c1. The highest BCUT2D eigenvalue weighted by atomic mass is 32.2. The second-order valence-electron chi connectivity index (χ2n) is 5.70. The lowest BCUT2D eigenvalue weighted by Crippen LogP contribution is -2.34. The van der Waals surface area contributed by atoms with E-state index in [4.69, 9.17) is 4.74 Å². The number of rotatable bonds is 5. The Kier molecular flexibility index (Phi) is 5.81. The molecular formula is C14H20F3NO2S. The van der Waals surface area contributed by atoms with Crippen LogP contribution in [0.2, 0.25) is 0 Å². The molecule has 0 aliphatic carbocycles. The normalized spacial score (nSPS) is 15.6. The van der Waals surface area contributed by atoms with Gasteiger partial charge in [0.2, 0.25) is 0 Å². The van der Waals surface area contributed by atoms with Gasteiger partial charge in [0.05, 0.1) is 15.7 Å². The van der Waals surface area contributed by atoms with Crippen molar-refractivity contribution in [3.63, 3.8) is 0 Å². The zero-order valence-electron chi connectivity index (χ0n) is 12.5. The minimum absolute atomic E-state index is 0.139. The van der Waals surface area contributed by atoms with Crippen molar-refractivity contribution in [3.8, 4) is 5.75 Å². The van der Waals surface area contributed by atoms with Crippen LogP contribution in [0.3, 0.4) is 0 Å². The van der Waals surface area contributed by atoms with Crippen LogP contribution in [0, 0.1) is 0 Å². The number of ether oxygens (including phenoxy) is 1. The summed E-state index contributed by atoms with van der Waals surface area (Å²) in [4.78, 5) is 0. The molecule has 7 heteroatoms. The standard InChI is InChI=1S/C14H20F3NO2S/c1-10(18-21(19)13(2,3)4)11-6-5-7-12(8-11)20-9-14(15,16)17/h5-8,10,18H,9H2,1-4H3/t10-,21+/m0/s1. The van der Waals surface area contributed by atoms with Gasteiger partial charge in [-0.05, 0) is 45.4 Å². The second-order valence-corrected chi connectivity index (χ2v) is 7.69. The molecule has 0 heterocycles. The number of benzene rings is 1. The van der Waals surface area contributed by atoms with Crippen LogP contribution < -0.4 is 9.46 Å². The fourth-order valence-electron chi connectivity index (χ4n) is 1.44. The van der Waals surface area contributed by atoms with Crippen LogP contribution in [0.4, 0.5) is 13.2 Å². The molecule has 120 valence electrons. The molecule has 0 aromatic heterocycles. The molecule has 0 aliphatic heterocycles. The predicted molar refractivity (Wildman–Crippen MR) is 77.4 cm³/mol. The lowest BCUT2D eigenvalue weighted by molar-refractivity contribution is -0.153. The van der Waals surface area contributed by atoms with Crippen LogP contribution in [-0.4, -0.2) is 21.7 Å². The number of hydrogen-bond donors (Lipinski definition) is 1. The molecule has 0 spiro atoms. The smallest absolute Gasteiger partial charge is 0.422 e. The molecule has 0 amide bonds. The minimum Gasteiger partial charge on any atom is -0.484 e. The van der Waals surface area contributed by atoms with Crippen LogP contribution in [-0.2, 0) is 11.0 Å². The molecule has 0 unspecified atom stereocenters. The molecule has 0 fully saturated rings. The number of alkyl halides is 3. The maximum Gasteiger partial charge on any atom is 0.422 e. The molecule has 0 radical (unpaired) electrons. The van der Waals surface area contributed by atoms with Gasteiger partial charge in [-0.2, -0.15) is 13.2 Å². The number of nitrogens with one attached hydrogen (secondary N) is 1. The van der Waals surface area contributed by atoms with Crippen molar-refractivity contribution in [3.05, 3.63) is 29.8 Å². The monoisotopic (exact) mass is 323 g/mol. The van der Waals surface area contributed by atoms with E-state index in [1.165, 1.54) is 12.1 Å². The Bertz CT molecular complexity index is 498. The Labute approximate surface area is 125 Å². The zero-order chi connectivity index (χ0) is 16.3. The van der Waals surface area contributed by atoms with Gasteiger partial charge in [-0.3, -0.25) is 0 Å². The van der Waals surface area contributed by atoms with Gasteiger partial charge in [0.25, 0.3) is 0 Å². The van der Waals surface area contributed by atoms with Gasteiger partial charge < -0.3 is 4.74 Å². The average Bonchev–Trinajstić information content (AvgIpc) is 2.34. The second kappa shape index (κ2) is 6.79. The van der Waals surface area contributed by atoms with E-state index >= 15 is 0 Å². The minimum atomic E-state index is -4.37. The molecule has 0 bridgehead atoms. The summed E-state index contributed by atoms with van der Waals surface area (Å²) in [6.45, 7) is 5.99. The topological polar surface area (TPSA) is 38.3 Å².